The molecule has 3 nitrogen and oxygen atoms in total. The maximum Gasteiger partial charge on any atom is 1.00 e. The SMILES string of the molecule is [CH2-]N1CCC(COC2CCN(CC(C)C)CC2)CC1.[K+]. The van der Waals surface area contributed by atoms with Crippen LogP contribution in [0.1, 0.15) is 39.5 Å². The van der Waals surface area contributed by atoms with Gasteiger partial charge in [0.15, 0.2) is 0 Å². The largest absolute Gasteiger partial charge is 1.00 e. The van der Waals surface area contributed by atoms with Crippen molar-refractivity contribution >= 4 is 0 Å². The van der Waals surface area contributed by atoms with Gasteiger partial charge in [-0.25, -0.2) is 0 Å². The number of piperidine rings is 2. The van der Waals surface area contributed by atoms with Crippen molar-refractivity contribution in [1.82, 2.24) is 9.80 Å². The van der Waals surface area contributed by atoms with Crippen LogP contribution < -0.4 is 51.4 Å². The number of likely N-dealkylation sites (tertiary alicyclic amines) is 2. The van der Waals surface area contributed by atoms with Crippen molar-refractivity contribution in [3.8, 4) is 0 Å². The van der Waals surface area contributed by atoms with Gasteiger partial charge >= 0.3 is 51.4 Å². The van der Waals surface area contributed by atoms with E-state index in [1.54, 1.807) is 0 Å². The molecule has 20 heavy (non-hydrogen) atoms. The third-order valence-electron chi connectivity index (χ3n) is 4.43. The Morgan fingerprint density at radius 3 is 2.20 bits per heavy atom. The zero-order chi connectivity index (χ0) is 13.7. The van der Waals surface area contributed by atoms with E-state index in [2.05, 4.69) is 30.7 Å². The summed E-state index contributed by atoms with van der Waals surface area (Å²) < 4.78 is 6.15. The van der Waals surface area contributed by atoms with E-state index >= 15 is 0 Å². The van der Waals surface area contributed by atoms with E-state index in [1.807, 2.05) is 0 Å². The zero-order valence-electron chi connectivity index (χ0n) is 13.8. The maximum atomic E-state index is 6.15. The number of hydrogen-bond acceptors (Lipinski definition) is 3. The Morgan fingerprint density at radius 2 is 1.65 bits per heavy atom. The summed E-state index contributed by atoms with van der Waals surface area (Å²) in [4.78, 5) is 4.77. The van der Waals surface area contributed by atoms with Gasteiger partial charge in [-0.3, -0.25) is 7.05 Å². The van der Waals surface area contributed by atoms with Crippen LogP contribution in [0.5, 0.6) is 0 Å². The van der Waals surface area contributed by atoms with Crippen LogP contribution in [0.2, 0.25) is 0 Å². The van der Waals surface area contributed by atoms with Gasteiger partial charge in [-0.1, -0.05) is 13.8 Å². The van der Waals surface area contributed by atoms with Crippen molar-refractivity contribution < 1.29 is 56.1 Å². The molecule has 4 heteroatoms. The van der Waals surface area contributed by atoms with E-state index in [0.29, 0.717) is 6.10 Å². The smallest absolute Gasteiger partial charge is 0.459 e. The molecule has 0 atom stereocenters. The Morgan fingerprint density at radius 1 is 1.05 bits per heavy atom. The van der Waals surface area contributed by atoms with Gasteiger partial charge < -0.3 is 14.5 Å². The summed E-state index contributed by atoms with van der Waals surface area (Å²) in [5.41, 5.74) is 0. The Bertz CT molecular complexity index is 247. The molecule has 0 saturated carbocycles. The molecular weight excluding hydrogens is 275 g/mol. The molecule has 0 unspecified atom stereocenters. The van der Waals surface area contributed by atoms with Crippen LogP contribution in [-0.4, -0.2) is 55.2 Å². The molecule has 0 aromatic carbocycles. The molecule has 0 aliphatic carbocycles. The number of rotatable bonds is 5. The van der Waals surface area contributed by atoms with E-state index in [9.17, 15) is 0 Å². The first-order chi connectivity index (χ1) is 9.13. The fourth-order valence-corrected chi connectivity index (χ4v) is 3.20. The van der Waals surface area contributed by atoms with Gasteiger partial charge in [0.05, 0.1) is 6.10 Å². The minimum absolute atomic E-state index is 0. The van der Waals surface area contributed by atoms with Crippen LogP contribution in [0.25, 0.3) is 0 Å². The third-order valence-corrected chi connectivity index (χ3v) is 4.43. The number of ether oxygens (including phenoxy) is 1. The van der Waals surface area contributed by atoms with Crippen LogP contribution in [0, 0.1) is 18.9 Å². The Balaban J connectivity index is 0.00000200. The molecular formula is C16H31KN2O. The minimum Gasteiger partial charge on any atom is -0.459 e. The molecule has 0 radical (unpaired) electrons. The molecule has 2 aliphatic rings. The molecule has 2 heterocycles. The van der Waals surface area contributed by atoms with Crippen molar-refractivity contribution in [2.45, 2.75) is 45.6 Å². The topological polar surface area (TPSA) is 15.7 Å². The van der Waals surface area contributed by atoms with E-state index in [4.69, 9.17) is 4.74 Å². The second-order valence-corrected chi connectivity index (χ2v) is 6.79. The monoisotopic (exact) mass is 306 g/mol. The molecule has 112 valence electrons. The van der Waals surface area contributed by atoms with Crippen molar-refractivity contribution in [2.24, 2.45) is 11.8 Å². The van der Waals surface area contributed by atoms with Crippen LogP contribution in [-0.2, 0) is 4.74 Å². The Hall–Kier alpha value is 1.52. The summed E-state index contributed by atoms with van der Waals surface area (Å²) in [7, 11) is 4.00. The second-order valence-electron chi connectivity index (χ2n) is 6.79. The van der Waals surface area contributed by atoms with Crippen molar-refractivity contribution in [3.05, 3.63) is 7.05 Å². The quantitative estimate of drug-likeness (QED) is 0.509. The molecule has 0 bridgehead atoms. The second kappa shape index (κ2) is 10.3. The fraction of sp³-hybridized carbons (Fsp3) is 0.938. The predicted octanol–water partition coefficient (Wildman–Crippen LogP) is -0.369. The van der Waals surface area contributed by atoms with E-state index in [1.165, 1.54) is 45.3 Å². The third kappa shape index (κ3) is 7.19. The summed E-state index contributed by atoms with van der Waals surface area (Å²) in [5.74, 6) is 1.55. The number of hydrogen-bond donors (Lipinski definition) is 0. The fourth-order valence-electron chi connectivity index (χ4n) is 3.20. The average molecular weight is 307 g/mol. The maximum absolute atomic E-state index is 6.15. The first-order valence-electron chi connectivity index (χ1n) is 8.03. The molecule has 0 aromatic rings. The molecule has 2 fully saturated rings. The molecule has 0 spiro atoms. The van der Waals surface area contributed by atoms with Crippen molar-refractivity contribution in [2.75, 3.05) is 39.3 Å². The first kappa shape index (κ1) is 19.6. The minimum atomic E-state index is 0. The van der Waals surface area contributed by atoms with Gasteiger partial charge in [-0.2, -0.15) is 0 Å². The normalized spacial score (nSPS) is 24.0. The molecule has 0 N–H and O–H groups in total. The molecule has 2 saturated heterocycles. The van der Waals surface area contributed by atoms with Crippen LogP contribution >= 0.6 is 0 Å². The van der Waals surface area contributed by atoms with Gasteiger partial charge in [0.1, 0.15) is 0 Å². The number of nitrogens with zero attached hydrogens (tertiary/aromatic N) is 2. The van der Waals surface area contributed by atoms with E-state index < -0.39 is 0 Å². The van der Waals surface area contributed by atoms with Crippen LogP contribution in [0.3, 0.4) is 0 Å². The van der Waals surface area contributed by atoms with Gasteiger partial charge in [0, 0.05) is 26.2 Å². The summed E-state index contributed by atoms with van der Waals surface area (Å²) in [5, 5.41) is 0. The molecule has 2 aliphatic heterocycles. The summed E-state index contributed by atoms with van der Waals surface area (Å²) in [6.07, 6.45) is 5.48. The summed E-state index contributed by atoms with van der Waals surface area (Å²) in [6.45, 7) is 11.6. The standard InChI is InChI=1S/C16H31N2O.K/c1-14(2)12-18-10-6-16(7-11-18)19-13-15-4-8-17(3)9-5-15;/h14-16H,3-13H2,1-2H3;/q-1;+1. The Labute approximate surface area is 168 Å². The van der Waals surface area contributed by atoms with Crippen LogP contribution in [0.4, 0.5) is 0 Å². The van der Waals surface area contributed by atoms with Gasteiger partial charge in [-0.05, 0) is 50.6 Å². The Kier molecular flexibility index (Phi) is 10.1. The summed E-state index contributed by atoms with van der Waals surface area (Å²) >= 11 is 0. The van der Waals surface area contributed by atoms with Crippen LogP contribution in [0.15, 0.2) is 0 Å². The average Bonchev–Trinajstić information content (AvgIpc) is 2.39. The van der Waals surface area contributed by atoms with Gasteiger partial charge in [0.25, 0.3) is 0 Å². The predicted molar refractivity (Wildman–Crippen MR) is 79.9 cm³/mol. The van der Waals surface area contributed by atoms with Gasteiger partial charge in [-0.15, -0.1) is 0 Å². The zero-order valence-corrected chi connectivity index (χ0v) is 16.9. The molecule has 0 aromatic heterocycles. The van der Waals surface area contributed by atoms with E-state index in [-0.39, 0.29) is 51.4 Å². The van der Waals surface area contributed by atoms with Gasteiger partial charge in [0.2, 0.25) is 0 Å². The molecule has 0 amide bonds. The summed E-state index contributed by atoms with van der Waals surface area (Å²) in [6, 6.07) is 0. The van der Waals surface area contributed by atoms with Crippen molar-refractivity contribution in [1.29, 1.82) is 0 Å². The van der Waals surface area contributed by atoms with E-state index in [0.717, 1.165) is 31.5 Å². The first-order valence-corrected chi connectivity index (χ1v) is 8.03. The van der Waals surface area contributed by atoms with Crippen molar-refractivity contribution in [3.63, 3.8) is 0 Å². The molecule has 2 rings (SSSR count).